The molecule has 1 N–H and O–H groups in total. The summed E-state index contributed by atoms with van der Waals surface area (Å²) in [7, 11) is 0. The molecule has 19 heavy (non-hydrogen) atoms. The van der Waals surface area contributed by atoms with Crippen molar-refractivity contribution in [3.8, 4) is 0 Å². The quantitative estimate of drug-likeness (QED) is 0.901. The maximum atomic E-state index is 11.7. The van der Waals surface area contributed by atoms with Gasteiger partial charge < -0.3 is 10.1 Å². The van der Waals surface area contributed by atoms with Crippen molar-refractivity contribution in [3.05, 3.63) is 30.2 Å². The Hall–Kier alpha value is -2.11. The highest BCUT2D eigenvalue weighted by Gasteiger charge is 2.20. The van der Waals surface area contributed by atoms with Crippen LogP contribution in [0.2, 0.25) is 0 Å². The molecule has 0 saturated heterocycles. The first-order chi connectivity index (χ1) is 8.87. The van der Waals surface area contributed by atoms with Crippen molar-refractivity contribution >= 4 is 11.7 Å². The van der Waals surface area contributed by atoms with E-state index in [1.165, 1.54) is 0 Å². The second kappa shape index (κ2) is 4.87. The van der Waals surface area contributed by atoms with Gasteiger partial charge in [0.2, 0.25) is 0 Å². The van der Waals surface area contributed by atoms with Crippen LogP contribution < -0.4 is 5.32 Å². The van der Waals surface area contributed by atoms with E-state index in [2.05, 4.69) is 15.5 Å². The molecule has 2 heterocycles. The van der Waals surface area contributed by atoms with Gasteiger partial charge in [-0.25, -0.2) is 4.79 Å². The molecular formula is C13H18N4O2. The van der Waals surface area contributed by atoms with Gasteiger partial charge >= 0.3 is 6.09 Å². The summed E-state index contributed by atoms with van der Waals surface area (Å²) >= 11 is 0. The summed E-state index contributed by atoms with van der Waals surface area (Å²) in [5, 5.41) is 10.9. The minimum Gasteiger partial charge on any atom is -0.444 e. The molecule has 102 valence electrons. The lowest BCUT2D eigenvalue weighted by Gasteiger charge is -2.21. The zero-order chi connectivity index (χ0) is 14.0. The second-order valence-corrected chi connectivity index (χ2v) is 5.35. The van der Waals surface area contributed by atoms with E-state index in [0.717, 1.165) is 5.65 Å². The molecule has 2 aromatic rings. The Kier molecular flexibility index (Phi) is 3.42. The van der Waals surface area contributed by atoms with Gasteiger partial charge in [-0.1, -0.05) is 6.07 Å². The van der Waals surface area contributed by atoms with E-state index in [4.69, 9.17) is 4.74 Å². The molecule has 1 unspecified atom stereocenters. The number of pyridine rings is 1. The van der Waals surface area contributed by atoms with Gasteiger partial charge in [0.1, 0.15) is 5.60 Å². The SMILES string of the molecule is CC(NC(=O)OC(C)(C)C)c1nnc2ccccn12. The lowest BCUT2D eigenvalue weighted by molar-refractivity contribution is 0.0505. The molecule has 6 nitrogen and oxygen atoms in total. The van der Waals surface area contributed by atoms with Crippen molar-refractivity contribution in [2.75, 3.05) is 0 Å². The molecule has 0 fully saturated rings. The summed E-state index contributed by atoms with van der Waals surface area (Å²) in [4.78, 5) is 11.7. The fourth-order valence-electron chi connectivity index (χ4n) is 1.70. The molecule has 0 aliphatic rings. The van der Waals surface area contributed by atoms with Crippen molar-refractivity contribution in [1.82, 2.24) is 19.9 Å². The van der Waals surface area contributed by atoms with Crippen molar-refractivity contribution in [1.29, 1.82) is 0 Å². The smallest absolute Gasteiger partial charge is 0.408 e. The number of alkyl carbamates (subject to hydrolysis) is 1. The Labute approximate surface area is 111 Å². The highest BCUT2D eigenvalue weighted by atomic mass is 16.6. The third-order valence-electron chi connectivity index (χ3n) is 2.46. The summed E-state index contributed by atoms with van der Waals surface area (Å²) in [6.45, 7) is 7.31. The summed E-state index contributed by atoms with van der Waals surface area (Å²) in [6, 6.07) is 5.35. The molecule has 0 radical (unpaired) electrons. The van der Waals surface area contributed by atoms with Crippen molar-refractivity contribution in [2.24, 2.45) is 0 Å². The number of hydrogen-bond donors (Lipinski definition) is 1. The lowest BCUT2D eigenvalue weighted by Crippen LogP contribution is -2.34. The lowest BCUT2D eigenvalue weighted by atomic mass is 10.2. The fraction of sp³-hybridized carbons (Fsp3) is 0.462. The van der Waals surface area contributed by atoms with Gasteiger partial charge in [-0.2, -0.15) is 0 Å². The number of carbonyl (C=O) groups is 1. The first-order valence-electron chi connectivity index (χ1n) is 6.16. The summed E-state index contributed by atoms with van der Waals surface area (Å²) in [5.41, 5.74) is 0.229. The van der Waals surface area contributed by atoms with Gasteiger partial charge in [-0.3, -0.25) is 4.40 Å². The highest BCUT2D eigenvalue weighted by molar-refractivity contribution is 5.68. The van der Waals surface area contributed by atoms with Crippen LogP contribution in [0.1, 0.15) is 39.6 Å². The normalized spacial score (nSPS) is 13.3. The molecule has 6 heteroatoms. The zero-order valence-corrected chi connectivity index (χ0v) is 11.5. The number of ether oxygens (including phenoxy) is 1. The van der Waals surface area contributed by atoms with E-state index in [1.54, 1.807) is 0 Å². The predicted octanol–water partition coefficient (Wildman–Crippen LogP) is 2.32. The molecule has 1 amide bonds. The van der Waals surface area contributed by atoms with Crippen LogP contribution in [0.15, 0.2) is 24.4 Å². The van der Waals surface area contributed by atoms with Gasteiger partial charge in [0.05, 0.1) is 6.04 Å². The second-order valence-electron chi connectivity index (χ2n) is 5.35. The minimum atomic E-state index is -0.517. The fourth-order valence-corrected chi connectivity index (χ4v) is 1.70. The predicted molar refractivity (Wildman–Crippen MR) is 70.8 cm³/mol. The van der Waals surface area contributed by atoms with Gasteiger partial charge in [0.25, 0.3) is 0 Å². The van der Waals surface area contributed by atoms with E-state index in [1.807, 2.05) is 56.5 Å². The van der Waals surface area contributed by atoms with Crippen molar-refractivity contribution < 1.29 is 9.53 Å². The Bertz CT molecular complexity index is 586. The van der Waals surface area contributed by atoms with Crippen LogP contribution in [0.4, 0.5) is 4.79 Å². The molecule has 0 bridgehead atoms. The van der Waals surface area contributed by atoms with Gasteiger partial charge in [-0.15, -0.1) is 10.2 Å². The highest BCUT2D eigenvalue weighted by Crippen LogP contribution is 2.13. The number of hydrogen-bond acceptors (Lipinski definition) is 4. The summed E-state index contributed by atoms with van der Waals surface area (Å²) in [6.07, 6.45) is 1.39. The maximum Gasteiger partial charge on any atom is 0.408 e. The average molecular weight is 262 g/mol. The molecule has 0 aliphatic heterocycles. The topological polar surface area (TPSA) is 68.5 Å². The molecular weight excluding hydrogens is 244 g/mol. The Morgan fingerprint density at radius 1 is 1.37 bits per heavy atom. The maximum absolute atomic E-state index is 11.7. The van der Waals surface area contributed by atoms with Crippen LogP contribution in [0.25, 0.3) is 5.65 Å². The molecule has 0 spiro atoms. The van der Waals surface area contributed by atoms with Crippen LogP contribution in [0.3, 0.4) is 0 Å². The molecule has 0 aromatic carbocycles. The number of aromatic nitrogens is 3. The largest absolute Gasteiger partial charge is 0.444 e. The first-order valence-corrected chi connectivity index (χ1v) is 6.16. The van der Waals surface area contributed by atoms with E-state index in [-0.39, 0.29) is 6.04 Å². The van der Waals surface area contributed by atoms with Crippen molar-refractivity contribution in [2.45, 2.75) is 39.3 Å². The molecule has 0 saturated carbocycles. The number of nitrogens with one attached hydrogen (secondary N) is 1. The van der Waals surface area contributed by atoms with Gasteiger partial charge in [-0.05, 0) is 39.8 Å². The van der Waals surface area contributed by atoms with Crippen LogP contribution >= 0.6 is 0 Å². The molecule has 0 aliphatic carbocycles. The van der Waals surface area contributed by atoms with Gasteiger partial charge in [0, 0.05) is 6.20 Å². The van der Waals surface area contributed by atoms with Crippen LogP contribution in [-0.2, 0) is 4.74 Å². The summed E-state index contributed by atoms with van der Waals surface area (Å²) < 4.78 is 7.05. The number of carbonyl (C=O) groups excluding carboxylic acids is 1. The standard InChI is InChI=1S/C13H18N4O2/c1-9(14-12(18)19-13(2,3)4)11-16-15-10-7-5-6-8-17(10)11/h5-9H,1-4H3,(H,14,18). The number of amides is 1. The Morgan fingerprint density at radius 2 is 2.11 bits per heavy atom. The van der Waals surface area contributed by atoms with E-state index >= 15 is 0 Å². The molecule has 1 atom stereocenters. The van der Waals surface area contributed by atoms with Crippen LogP contribution in [-0.4, -0.2) is 26.3 Å². The number of rotatable bonds is 2. The third kappa shape index (κ3) is 3.21. The van der Waals surface area contributed by atoms with Crippen LogP contribution in [0.5, 0.6) is 0 Å². The first kappa shape index (κ1) is 13.3. The molecule has 2 aromatic heterocycles. The average Bonchev–Trinajstić information content (AvgIpc) is 2.69. The zero-order valence-electron chi connectivity index (χ0n) is 11.5. The van der Waals surface area contributed by atoms with E-state index < -0.39 is 11.7 Å². The van der Waals surface area contributed by atoms with Crippen molar-refractivity contribution in [3.63, 3.8) is 0 Å². The van der Waals surface area contributed by atoms with Gasteiger partial charge in [0.15, 0.2) is 11.5 Å². The monoisotopic (exact) mass is 262 g/mol. The molecule has 2 rings (SSSR count). The Morgan fingerprint density at radius 3 is 2.79 bits per heavy atom. The van der Waals surface area contributed by atoms with E-state index in [9.17, 15) is 4.79 Å². The number of fused-ring (bicyclic) bond motifs is 1. The third-order valence-corrected chi connectivity index (χ3v) is 2.46. The van der Waals surface area contributed by atoms with Crippen LogP contribution in [0, 0.1) is 0 Å². The van der Waals surface area contributed by atoms with E-state index in [0.29, 0.717) is 5.82 Å². The number of nitrogens with zero attached hydrogens (tertiary/aromatic N) is 3. The summed E-state index contributed by atoms with van der Waals surface area (Å²) in [5.74, 6) is 0.668. The Balaban J connectivity index is 2.12. The minimum absolute atomic E-state index is 0.285.